The first kappa shape index (κ1) is 47.5. The van der Waals surface area contributed by atoms with Crippen LogP contribution < -0.4 is 26.6 Å². The lowest BCUT2D eigenvalue weighted by Crippen LogP contribution is -2.35. The molecule has 19 heteroatoms. The van der Waals surface area contributed by atoms with Gasteiger partial charge in [0.15, 0.2) is 9.74 Å². The van der Waals surface area contributed by atoms with Crippen LogP contribution in [0.5, 0.6) is 0 Å². The number of hydrogen-bond acceptors (Lipinski definition) is 12. The SMILES string of the molecule is C#CCCC[N+](C)([O-])C(Br)=CC(Cl)CCCC(=O)NCCOCCOCCC(=O)NCCNc1cc(Nc2ncc(C(=O)Nc3c(C)cccc3Cl)s2)nc(C)n1. The molecule has 0 radical (unpaired) electrons. The molecule has 2 atom stereocenters. The summed E-state index contributed by atoms with van der Waals surface area (Å²) in [5.74, 6) is 3.52. The molecule has 0 fully saturated rings. The number of allylic oxidation sites excluding steroid dienone is 1. The van der Waals surface area contributed by atoms with Crippen LogP contribution in [0.3, 0.4) is 0 Å². The van der Waals surface area contributed by atoms with E-state index in [0.717, 1.165) is 5.56 Å². The van der Waals surface area contributed by atoms with Gasteiger partial charge in [-0.1, -0.05) is 35.1 Å². The number of benzene rings is 1. The Morgan fingerprint density at radius 2 is 1.75 bits per heavy atom. The third-order valence-electron chi connectivity index (χ3n) is 7.99. The van der Waals surface area contributed by atoms with Gasteiger partial charge in [0, 0.05) is 73.4 Å². The summed E-state index contributed by atoms with van der Waals surface area (Å²) < 4.78 is 10.8. The smallest absolute Gasteiger partial charge is 0.267 e. The Bertz CT molecular complexity index is 1820. The first-order valence-corrected chi connectivity index (χ1v) is 20.8. The second-order valence-electron chi connectivity index (χ2n) is 12.9. The van der Waals surface area contributed by atoms with Gasteiger partial charge in [-0.15, -0.1) is 23.9 Å². The second kappa shape index (κ2) is 25.5. The fourth-order valence-corrected chi connectivity index (χ4v) is 6.90. The van der Waals surface area contributed by atoms with Crippen molar-refractivity contribution in [3.8, 4) is 12.3 Å². The standard InChI is InChI=1S/C38H50BrCl2N9O6S/c1-5-6-7-18-50(4,54)31(39)23-28(40)11-9-13-34(51)44-17-20-56-22-21-55-19-14-35(52)43-16-15-42-32-24-33(47-27(3)46-32)48-38-45-25-30(57-38)37(53)49-36-26(2)10-8-12-29(36)41/h1,8,10,12,23-25,28H,6-7,9,11,13-22H2,2-4H3,(H,43,52)(H,44,51)(H,49,53)(H2,42,45,46,47,48). The highest BCUT2D eigenvalue weighted by molar-refractivity contribution is 9.11. The van der Waals surface area contributed by atoms with Gasteiger partial charge >= 0.3 is 0 Å². The molecular formula is C38H50BrCl2N9O6S. The molecule has 57 heavy (non-hydrogen) atoms. The molecule has 0 aliphatic rings. The average molecular weight is 912 g/mol. The van der Waals surface area contributed by atoms with Gasteiger partial charge in [0.05, 0.1) is 62.3 Å². The Morgan fingerprint density at radius 3 is 2.51 bits per heavy atom. The van der Waals surface area contributed by atoms with Crippen LogP contribution in [-0.4, -0.2) is 102 Å². The predicted octanol–water partition coefficient (Wildman–Crippen LogP) is 6.64. The number of thiazole rings is 1. The molecular weight excluding hydrogens is 861 g/mol. The first-order valence-electron chi connectivity index (χ1n) is 18.4. The van der Waals surface area contributed by atoms with Crippen molar-refractivity contribution in [3.63, 3.8) is 0 Å². The Kier molecular flexibility index (Phi) is 21.2. The van der Waals surface area contributed by atoms with E-state index < -0.39 is 4.65 Å². The lowest BCUT2D eigenvalue weighted by Gasteiger charge is -2.37. The molecule has 3 rings (SSSR count). The number of quaternary nitrogens is 1. The van der Waals surface area contributed by atoms with E-state index >= 15 is 0 Å². The van der Waals surface area contributed by atoms with E-state index in [2.05, 4.69) is 63.4 Å². The Morgan fingerprint density at radius 1 is 1.04 bits per heavy atom. The number of ether oxygens (including phenoxy) is 2. The van der Waals surface area contributed by atoms with Crippen molar-refractivity contribution in [2.75, 3.05) is 75.6 Å². The second-order valence-corrected chi connectivity index (χ2v) is 15.7. The van der Waals surface area contributed by atoms with Crippen molar-refractivity contribution < 1.29 is 28.5 Å². The van der Waals surface area contributed by atoms with E-state index in [1.54, 1.807) is 32.2 Å². The number of carbonyl (C=O) groups is 3. The molecule has 2 heterocycles. The van der Waals surface area contributed by atoms with Crippen molar-refractivity contribution >= 4 is 90.6 Å². The van der Waals surface area contributed by atoms with Crippen molar-refractivity contribution in [2.45, 2.75) is 57.7 Å². The number of para-hydroxylation sites is 1. The van der Waals surface area contributed by atoms with Gasteiger partial charge < -0.3 is 45.9 Å². The number of unbranched alkanes of at least 4 members (excludes halogenated alkanes) is 1. The van der Waals surface area contributed by atoms with Gasteiger partial charge in [0.25, 0.3) is 5.91 Å². The lowest BCUT2D eigenvalue weighted by atomic mass is 10.2. The molecule has 0 bridgehead atoms. The molecule has 0 aliphatic carbocycles. The lowest BCUT2D eigenvalue weighted by molar-refractivity contribution is -0.812. The highest BCUT2D eigenvalue weighted by atomic mass is 79.9. The number of aryl methyl sites for hydroxylation is 2. The summed E-state index contributed by atoms with van der Waals surface area (Å²) in [5.41, 5.74) is 1.41. The van der Waals surface area contributed by atoms with E-state index in [1.807, 2.05) is 19.1 Å². The average Bonchev–Trinajstić information content (AvgIpc) is 3.62. The molecule has 15 nitrogen and oxygen atoms in total. The van der Waals surface area contributed by atoms with Crippen molar-refractivity contribution in [1.29, 1.82) is 0 Å². The number of rotatable bonds is 26. The quantitative estimate of drug-likeness (QED) is 0.0145. The minimum atomic E-state index is -0.589. The van der Waals surface area contributed by atoms with Crippen LogP contribution in [0.4, 0.5) is 22.5 Å². The van der Waals surface area contributed by atoms with Crippen LogP contribution in [0, 0.1) is 31.4 Å². The topological polar surface area (TPSA) is 192 Å². The predicted molar refractivity (Wildman–Crippen MR) is 230 cm³/mol. The number of hydrogen-bond donors (Lipinski definition) is 5. The molecule has 3 aromatic rings. The molecule has 1 aromatic carbocycles. The number of carbonyl (C=O) groups excluding carboxylic acids is 3. The van der Waals surface area contributed by atoms with E-state index in [1.165, 1.54) is 17.5 Å². The highest BCUT2D eigenvalue weighted by Gasteiger charge is 2.18. The molecule has 3 amide bonds. The maximum absolute atomic E-state index is 12.8. The Hall–Kier alpha value is -3.86. The zero-order valence-electron chi connectivity index (χ0n) is 32.3. The minimum Gasteiger partial charge on any atom is -0.627 e. The van der Waals surface area contributed by atoms with Gasteiger partial charge in [-0.05, 0) is 38.3 Å². The van der Waals surface area contributed by atoms with Crippen molar-refractivity contribution in [3.05, 3.63) is 67.6 Å². The number of terminal acetylenes is 1. The highest BCUT2D eigenvalue weighted by Crippen LogP contribution is 2.28. The zero-order chi connectivity index (χ0) is 41.6. The molecule has 0 aliphatic heterocycles. The third kappa shape index (κ3) is 18.5. The van der Waals surface area contributed by atoms with Crippen molar-refractivity contribution in [1.82, 2.24) is 25.6 Å². The van der Waals surface area contributed by atoms with Crippen LogP contribution >= 0.6 is 50.5 Å². The Labute approximate surface area is 356 Å². The fourth-order valence-electron chi connectivity index (χ4n) is 4.99. The maximum atomic E-state index is 12.8. The molecule has 5 N–H and O–H groups in total. The molecule has 0 saturated carbocycles. The number of hydroxylamine groups is 3. The summed E-state index contributed by atoms with van der Waals surface area (Å²) in [5, 5.41) is 27.9. The number of nitrogens with one attached hydrogen (secondary N) is 5. The van der Waals surface area contributed by atoms with E-state index in [0.29, 0.717) is 121 Å². The molecule has 310 valence electrons. The van der Waals surface area contributed by atoms with E-state index in [9.17, 15) is 19.6 Å². The number of aromatic nitrogens is 3. The summed E-state index contributed by atoms with van der Waals surface area (Å²) in [6, 6.07) is 7.11. The summed E-state index contributed by atoms with van der Waals surface area (Å²) in [6.45, 7) is 6.34. The molecule has 0 spiro atoms. The number of amides is 3. The van der Waals surface area contributed by atoms with Crippen LogP contribution in [0.2, 0.25) is 5.02 Å². The molecule has 2 unspecified atom stereocenters. The summed E-state index contributed by atoms with van der Waals surface area (Å²) in [7, 11) is 1.54. The summed E-state index contributed by atoms with van der Waals surface area (Å²) in [4.78, 5) is 50.6. The monoisotopic (exact) mass is 909 g/mol. The fraction of sp³-hybridized carbons (Fsp3) is 0.474. The zero-order valence-corrected chi connectivity index (χ0v) is 36.2. The van der Waals surface area contributed by atoms with Gasteiger partial charge in [-0.25, -0.2) is 15.0 Å². The van der Waals surface area contributed by atoms with Gasteiger partial charge in [-0.2, -0.15) is 0 Å². The summed E-state index contributed by atoms with van der Waals surface area (Å²) >= 11 is 17.1. The first-order chi connectivity index (χ1) is 27.3. The van der Waals surface area contributed by atoms with Crippen LogP contribution in [-0.2, 0) is 19.1 Å². The van der Waals surface area contributed by atoms with Crippen LogP contribution in [0.15, 0.2) is 41.1 Å². The minimum absolute atomic E-state index is 0.106. The maximum Gasteiger partial charge on any atom is 0.267 e. The number of nitrogens with zero attached hydrogens (tertiary/aromatic N) is 4. The molecule has 2 aromatic heterocycles. The summed E-state index contributed by atoms with van der Waals surface area (Å²) in [6.07, 6.45) is 11.2. The van der Waals surface area contributed by atoms with Gasteiger partial charge in [0.1, 0.15) is 22.3 Å². The van der Waals surface area contributed by atoms with Gasteiger partial charge in [-0.3, -0.25) is 14.4 Å². The van der Waals surface area contributed by atoms with Crippen LogP contribution in [0.25, 0.3) is 0 Å². The number of anilines is 4. The Balaban J connectivity index is 1.21. The van der Waals surface area contributed by atoms with Crippen LogP contribution in [0.1, 0.15) is 59.6 Å². The molecule has 0 saturated heterocycles. The van der Waals surface area contributed by atoms with E-state index in [4.69, 9.17) is 39.1 Å². The van der Waals surface area contributed by atoms with Gasteiger partial charge in [0.2, 0.25) is 11.8 Å². The third-order valence-corrected chi connectivity index (χ3v) is 10.6. The largest absolute Gasteiger partial charge is 0.627 e. The number of halogens is 3. The van der Waals surface area contributed by atoms with Crippen molar-refractivity contribution in [2.24, 2.45) is 0 Å². The normalized spacial score (nSPS) is 12.9. The number of alkyl halides is 1. The van der Waals surface area contributed by atoms with E-state index in [-0.39, 0.29) is 36.1 Å².